The molecule has 0 fully saturated rings. The third kappa shape index (κ3) is 2.81. The predicted octanol–water partition coefficient (Wildman–Crippen LogP) is 3.06. The van der Waals surface area contributed by atoms with Crippen molar-refractivity contribution in [2.45, 2.75) is 6.61 Å². The number of nitrogen functional groups attached to an aromatic ring is 1. The Hall–Kier alpha value is -3.55. The Balaban J connectivity index is 1.64. The van der Waals surface area contributed by atoms with Crippen molar-refractivity contribution in [3.05, 3.63) is 71.9 Å². The molecule has 0 aliphatic carbocycles. The van der Waals surface area contributed by atoms with Crippen LogP contribution in [-0.2, 0) is 6.61 Å². The number of pyridine rings is 1. The summed E-state index contributed by atoms with van der Waals surface area (Å²) in [4.78, 5) is 5.09. The summed E-state index contributed by atoms with van der Waals surface area (Å²) in [6.07, 6.45) is 1.50. The first-order valence-electron chi connectivity index (χ1n) is 7.75. The lowest BCUT2D eigenvalue weighted by Crippen LogP contribution is -2.10. The number of halogens is 2. The Morgan fingerprint density at radius 1 is 1.08 bits per heavy atom. The van der Waals surface area contributed by atoms with Gasteiger partial charge in [-0.05, 0) is 22.9 Å². The maximum atomic E-state index is 14.8. The molecule has 2 N–H and O–H groups in total. The highest BCUT2D eigenvalue weighted by atomic mass is 19.1. The molecule has 8 heteroatoms. The van der Waals surface area contributed by atoms with Crippen molar-refractivity contribution in [2.75, 3.05) is 5.84 Å². The molecule has 0 saturated carbocycles. The Labute approximate surface area is 146 Å². The van der Waals surface area contributed by atoms with Gasteiger partial charge in [-0.3, -0.25) is 0 Å². The molecule has 0 aliphatic heterocycles. The van der Waals surface area contributed by atoms with Crippen LogP contribution in [0.4, 0.5) is 8.78 Å². The van der Waals surface area contributed by atoms with Crippen LogP contribution in [0.2, 0.25) is 0 Å². The first-order valence-corrected chi connectivity index (χ1v) is 7.75. The van der Waals surface area contributed by atoms with E-state index in [1.54, 1.807) is 30.3 Å². The highest BCUT2D eigenvalue weighted by molar-refractivity contribution is 5.77. The smallest absolute Gasteiger partial charge is 0.204 e. The summed E-state index contributed by atoms with van der Waals surface area (Å²) in [5.41, 5.74) is 1.84. The lowest BCUT2D eigenvalue weighted by molar-refractivity contribution is 0.303. The van der Waals surface area contributed by atoms with Crippen molar-refractivity contribution >= 4 is 11.2 Å². The molecule has 0 saturated heterocycles. The van der Waals surface area contributed by atoms with Gasteiger partial charge in [0.25, 0.3) is 0 Å². The summed E-state index contributed by atoms with van der Waals surface area (Å²) in [7, 11) is 0. The van der Waals surface area contributed by atoms with E-state index in [4.69, 9.17) is 10.6 Å². The number of nitrogens with two attached hydrogens (primary N) is 1. The Morgan fingerprint density at radius 2 is 1.92 bits per heavy atom. The molecular formula is C18H13F2N5O. The first-order chi connectivity index (χ1) is 12.6. The topological polar surface area (TPSA) is 78.9 Å². The van der Waals surface area contributed by atoms with Crippen molar-refractivity contribution in [2.24, 2.45) is 0 Å². The Kier molecular flexibility index (Phi) is 3.92. The minimum atomic E-state index is -0.467. The van der Waals surface area contributed by atoms with E-state index in [0.29, 0.717) is 33.6 Å². The van der Waals surface area contributed by atoms with E-state index in [2.05, 4.69) is 15.3 Å². The first kappa shape index (κ1) is 15.9. The molecular weight excluding hydrogens is 340 g/mol. The zero-order chi connectivity index (χ0) is 18.1. The summed E-state index contributed by atoms with van der Waals surface area (Å²) < 4.78 is 34.0. The average molecular weight is 353 g/mol. The number of nitrogens with zero attached hydrogens (tertiary/aromatic N) is 4. The predicted molar refractivity (Wildman–Crippen MR) is 91.6 cm³/mol. The highest BCUT2D eigenvalue weighted by Gasteiger charge is 2.13. The molecule has 6 nitrogen and oxygen atoms in total. The molecule has 4 rings (SSSR count). The highest BCUT2D eigenvalue weighted by Crippen LogP contribution is 2.27. The summed E-state index contributed by atoms with van der Waals surface area (Å²) in [6, 6.07) is 12.3. The van der Waals surface area contributed by atoms with Gasteiger partial charge in [0.2, 0.25) is 5.65 Å². The van der Waals surface area contributed by atoms with Gasteiger partial charge in [-0.25, -0.2) is 13.8 Å². The van der Waals surface area contributed by atoms with Gasteiger partial charge in [-0.15, -0.1) is 9.89 Å². The lowest BCUT2D eigenvalue weighted by atomic mass is 10.0. The molecule has 130 valence electrons. The Bertz CT molecular complexity index is 1100. The van der Waals surface area contributed by atoms with Crippen LogP contribution in [0.5, 0.6) is 5.75 Å². The second-order valence-electron chi connectivity index (χ2n) is 5.59. The van der Waals surface area contributed by atoms with Gasteiger partial charge in [0, 0.05) is 23.4 Å². The van der Waals surface area contributed by atoms with Gasteiger partial charge in [0.1, 0.15) is 18.2 Å². The van der Waals surface area contributed by atoms with E-state index in [0.717, 1.165) is 4.79 Å². The largest absolute Gasteiger partial charge is 0.486 e. The van der Waals surface area contributed by atoms with Crippen LogP contribution in [0.15, 0.2) is 54.7 Å². The number of hydrogen-bond acceptors (Lipinski definition) is 5. The zero-order valence-electron chi connectivity index (χ0n) is 13.4. The van der Waals surface area contributed by atoms with E-state index >= 15 is 0 Å². The van der Waals surface area contributed by atoms with Crippen LogP contribution in [-0.4, -0.2) is 20.1 Å². The third-order valence-electron chi connectivity index (χ3n) is 3.92. The number of rotatable bonds is 4. The van der Waals surface area contributed by atoms with E-state index in [1.807, 2.05) is 0 Å². The maximum Gasteiger partial charge on any atom is 0.204 e. The van der Waals surface area contributed by atoms with Crippen molar-refractivity contribution < 1.29 is 13.5 Å². The van der Waals surface area contributed by atoms with Gasteiger partial charge in [0.15, 0.2) is 11.3 Å². The normalized spacial score (nSPS) is 11.0. The van der Waals surface area contributed by atoms with E-state index < -0.39 is 11.6 Å². The second-order valence-corrected chi connectivity index (χ2v) is 5.59. The molecule has 0 unspecified atom stereocenters. The van der Waals surface area contributed by atoms with Crippen LogP contribution < -0.4 is 10.6 Å². The van der Waals surface area contributed by atoms with Gasteiger partial charge >= 0.3 is 0 Å². The van der Waals surface area contributed by atoms with Crippen LogP contribution in [0.1, 0.15) is 5.56 Å². The van der Waals surface area contributed by atoms with E-state index in [1.165, 1.54) is 24.4 Å². The molecule has 0 atom stereocenters. The molecule has 0 spiro atoms. The molecule has 26 heavy (non-hydrogen) atoms. The fourth-order valence-corrected chi connectivity index (χ4v) is 2.66. The molecule has 0 amide bonds. The van der Waals surface area contributed by atoms with Crippen LogP contribution >= 0.6 is 0 Å². The minimum Gasteiger partial charge on any atom is -0.486 e. The summed E-state index contributed by atoms with van der Waals surface area (Å²) in [5, 5.41) is 7.58. The Morgan fingerprint density at radius 3 is 2.77 bits per heavy atom. The van der Waals surface area contributed by atoms with Crippen molar-refractivity contribution in [1.29, 1.82) is 0 Å². The van der Waals surface area contributed by atoms with Gasteiger partial charge in [0.05, 0.1) is 0 Å². The number of benzene rings is 2. The zero-order valence-corrected chi connectivity index (χ0v) is 13.4. The van der Waals surface area contributed by atoms with Crippen molar-refractivity contribution in [3.8, 4) is 16.9 Å². The molecule has 0 radical (unpaired) electrons. The van der Waals surface area contributed by atoms with Gasteiger partial charge in [-0.2, -0.15) is 0 Å². The molecule has 2 heterocycles. The lowest BCUT2D eigenvalue weighted by Gasteiger charge is -2.10. The molecule has 0 bridgehead atoms. The quantitative estimate of drug-likeness (QED) is 0.571. The number of aromatic nitrogens is 4. The van der Waals surface area contributed by atoms with E-state index in [9.17, 15) is 8.78 Å². The summed E-state index contributed by atoms with van der Waals surface area (Å²) in [5.74, 6) is 5.11. The monoisotopic (exact) mass is 353 g/mol. The number of fused-ring (bicyclic) bond motifs is 1. The van der Waals surface area contributed by atoms with Gasteiger partial charge < -0.3 is 10.6 Å². The second kappa shape index (κ2) is 6.40. The number of hydrogen-bond donors (Lipinski definition) is 1. The molecule has 0 aliphatic rings. The van der Waals surface area contributed by atoms with Crippen LogP contribution in [0.25, 0.3) is 22.3 Å². The minimum absolute atomic E-state index is 0.0362. The third-order valence-corrected chi connectivity index (χ3v) is 3.92. The number of ether oxygens (including phenoxy) is 1. The summed E-state index contributed by atoms with van der Waals surface area (Å²) >= 11 is 0. The fourth-order valence-electron chi connectivity index (χ4n) is 2.66. The van der Waals surface area contributed by atoms with E-state index in [-0.39, 0.29) is 6.61 Å². The fraction of sp³-hybridized carbons (Fsp3) is 0.0556. The maximum absolute atomic E-state index is 14.8. The SMILES string of the molecule is Nn1nnc2c(OCc3cccc(-c4cccc(F)c4)c3F)ccnc21. The average Bonchev–Trinajstić information content (AvgIpc) is 3.03. The van der Waals surface area contributed by atoms with Crippen LogP contribution in [0, 0.1) is 11.6 Å². The van der Waals surface area contributed by atoms with Crippen molar-refractivity contribution in [1.82, 2.24) is 20.1 Å². The van der Waals surface area contributed by atoms with Crippen LogP contribution in [0.3, 0.4) is 0 Å². The standard InChI is InChI=1S/C18H13F2N5O/c19-13-5-1-3-11(9-13)14-6-2-4-12(16(14)20)10-26-15-7-8-22-18-17(15)23-24-25(18)21/h1-9H,10,21H2. The molecule has 2 aromatic carbocycles. The van der Waals surface area contributed by atoms with Crippen molar-refractivity contribution in [3.63, 3.8) is 0 Å². The summed E-state index contributed by atoms with van der Waals surface area (Å²) in [6.45, 7) is -0.0362. The van der Waals surface area contributed by atoms with Gasteiger partial charge in [-0.1, -0.05) is 30.3 Å². The molecule has 4 aromatic rings. The molecule has 2 aromatic heterocycles.